The van der Waals surface area contributed by atoms with Gasteiger partial charge in [0.25, 0.3) is 11.6 Å². The highest BCUT2D eigenvalue weighted by molar-refractivity contribution is 5.98. The van der Waals surface area contributed by atoms with E-state index in [0.29, 0.717) is 11.4 Å². The Morgan fingerprint density at radius 1 is 1.24 bits per heavy atom. The summed E-state index contributed by atoms with van der Waals surface area (Å²) in [6.07, 6.45) is 3.34. The molecule has 33 heavy (non-hydrogen) atoms. The van der Waals surface area contributed by atoms with E-state index in [1.807, 2.05) is 0 Å². The number of amides is 1. The number of ether oxygens (including phenoxy) is 1. The second-order valence-electron chi connectivity index (χ2n) is 7.26. The van der Waals surface area contributed by atoms with Crippen molar-refractivity contribution >= 4 is 11.6 Å². The lowest BCUT2D eigenvalue weighted by Gasteiger charge is -2.18. The van der Waals surface area contributed by atoms with Gasteiger partial charge in [0.15, 0.2) is 17.7 Å². The number of phenols is 2. The Hall–Kier alpha value is -4.07. The van der Waals surface area contributed by atoms with Gasteiger partial charge in [0, 0.05) is 25.0 Å². The second kappa shape index (κ2) is 8.82. The third kappa shape index (κ3) is 4.32. The van der Waals surface area contributed by atoms with E-state index >= 15 is 0 Å². The first kappa shape index (κ1) is 22.1. The van der Waals surface area contributed by atoms with Gasteiger partial charge in [0.1, 0.15) is 30.3 Å². The molecule has 0 bridgehead atoms. The molecular formula is C20H19N5O8. The molecule has 0 saturated carbocycles. The van der Waals surface area contributed by atoms with Crippen molar-refractivity contribution in [2.45, 2.75) is 24.5 Å². The van der Waals surface area contributed by atoms with Crippen LogP contribution in [0.25, 0.3) is 11.4 Å². The number of carbonyl (C=O) groups is 1. The van der Waals surface area contributed by atoms with Gasteiger partial charge in [-0.1, -0.05) is 12.2 Å². The minimum Gasteiger partial charge on any atom is -0.504 e. The van der Waals surface area contributed by atoms with Crippen LogP contribution in [0.1, 0.15) is 16.6 Å². The Kier molecular flexibility index (Phi) is 5.91. The van der Waals surface area contributed by atoms with E-state index < -0.39 is 58.1 Å². The largest absolute Gasteiger partial charge is 0.504 e. The van der Waals surface area contributed by atoms with E-state index in [9.17, 15) is 35.3 Å². The number of aromatic hydroxyl groups is 2. The molecule has 0 aromatic heterocycles. The number of nitrogens with one attached hydrogen (secondary N) is 1. The number of carbonyl (C=O) groups excluding carboxylic acids is 1. The van der Waals surface area contributed by atoms with Crippen LogP contribution in [0.15, 0.2) is 49.1 Å². The highest BCUT2D eigenvalue weighted by atomic mass is 16.6. The Morgan fingerprint density at radius 3 is 2.76 bits per heavy atom. The highest BCUT2D eigenvalue weighted by Gasteiger charge is 2.42. The molecule has 13 nitrogen and oxygen atoms in total. The smallest absolute Gasteiger partial charge is 0.274 e. The number of nitro groups is 1. The summed E-state index contributed by atoms with van der Waals surface area (Å²) >= 11 is 0. The van der Waals surface area contributed by atoms with Gasteiger partial charge in [0.05, 0.1) is 22.2 Å². The van der Waals surface area contributed by atoms with Gasteiger partial charge in [0.2, 0.25) is 0 Å². The van der Waals surface area contributed by atoms with Crippen molar-refractivity contribution < 1.29 is 34.9 Å². The minimum atomic E-state index is -1.24. The number of hydrogen-bond donors (Lipinski definition) is 5. The van der Waals surface area contributed by atoms with Crippen LogP contribution < -0.4 is 5.32 Å². The van der Waals surface area contributed by atoms with Crippen LogP contribution in [0.3, 0.4) is 0 Å². The predicted octanol–water partition coefficient (Wildman–Crippen LogP) is 0.308. The van der Waals surface area contributed by atoms with E-state index in [1.54, 1.807) is 23.0 Å². The third-order valence-corrected chi connectivity index (χ3v) is 5.14. The molecule has 0 aliphatic carbocycles. The molecule has 1 aromatic rings. The average molecular weight is 457 g/mol. The van der Waals surface area contributed by atoms with Crippen molar-refractivity contribution in [2.75, 3.05) is 6.54 Å². The van der Waals surface area contributed by atoms with Gasteiger partial charge in [-0.25, -0.2) is 9.97 Å². The number of nitro benzene ring substituents is 1. The molecule has 13 heteroatoms. The molecule has 1 saturated heterocycles. The van der Waals surface area contributed by atoms with E-state index in [-0.39, 0.29) is 6.54 Å². The van der Waals surface area contributed by atoms with Crippen LogP contribution in [0.5, 0.6) is 11.5 Å². The zero-order valence-corrected chi connectivity index (χ0v) is 16.8. The maximum atomic E-state index is 12.3. The standard InChI is InChI=1S/C20H19N5O8/c26-14-7-10(25(31)32)6-11(16(14)27)19(30)21-4-1-2-15-17(28)18(29)20(33-15)24-5-3-12-13(8-24)23-9-22-12/h1-3,5-9,15,17-18,20,26-29H,4H2,(H,21,30)/b2-1+/t15-,17-,18-,20-/m1/s1. The van der Waals surface area contributed by atoms with E-state index in [0.717, 1.165) is 12.1 Å². The fourth-order valence-electron chi connectivity index (χ4n) is 3.44. The molecule has 4 atom stereocenters. The molecule has 0 unspecified atom stereocenters. The van der Waals surface area contributed by atoms with Gasteiger partial charge >= 0.3 is 0 Å². The summed E-state index contributed by atoms with van der Waals surface area (Å²) in [5.41, 5.74) is 0.247. The van der Waals surface area contributed by atoms with Crippen molar-refractivity contribution in [3.05, 3.63) is 64.7 Å². The molecule has 3 aliphatic rings. The summed E-state index contributed by atoms with van der Waals surface area (Å²) in [4.78, 5) is 30.5. The fourth-order valence-corrected chi connectivity index (χ4v) is 3.44. The lowest BCUT2D eigenvalue weighted by molar-refractivity contribution is -0.385. The van der Waals surface area contributed by atoms with E-state index in [4.69, 9.17) is 4.74 Å². The normalized spacial score (nSPS) is 22.7. The molecule has 1 fully saturated rings. The SMILES string of the molecule is O=C(NC/C=C/[C@H]1O[C@@H](n2ccc3ncnc-3c2)[C@H](O)[C@@H]1O)c1cc([N+](=O)[O-])cc(O)c1O. The number of phenolic OH excluding ortho intramolecular Hbond substituents is 2. The molecule has 4 rings (SSSR count). The van der Waals surface area contributed by atoms with Crippen LogP contribution in [-0.2, 0) is 4.74 Å². The van der Waals surface area contributed by atoms with Gasteiger partial charge in [-0.15, -0.1) is 0 Å². The fraction of sp³-hybridized carbons (Fsp3) is 0.250. The van der Waals surface area contributed by atoms with Crippen molar-refractivity contribution in [2.24, 2.45) is 0 Å². The van der Waals surface area contributed by atoms with Crippen molar-refractivity contribution in [3.63, 3.8) is 0 Å². The Bertz CT molecular complexity index is 1190. The highest BCUT2D eigenvalue weighted by Crippen LogP contribution is 2.34. The number of nitrogens with zero attached hydrogens (tertiary/aromatic N) is 4. The number of rotatable bonds is 6. The van der Waals surface area contributed by atoms with E-state index in [2.05, 4.69) is 15.3 Å². The van der Waals surface area contributed by atoms with Crippen molar-refractivity contribution in [1.82, 2.24) is 19.9 Å². The summed E-state index contributed by atoms with van der Waals surface area (Å²) in [6, 6.07) is 3.27. The monoisotopic (exact) mass is 457 g/mol. The Balaban J connectivity index is 1.39. The number of hydrogen-bond acceptors (Lipinski definition) is 10. The minimum absolute atomic E-state index is 0.0860. The summed E-state index contributed by atoms with van der Waals surface area (Å²) in [7, 11) is 0. The van der Waals surface area contributed by atoms with Gasteiger partial charge in [-0.3, -0.25) is 14.9 Å². The van der Waals surface area contributed by atoms with Gasteiger partial charge in [-0.05, 0) is 6.07 Å². The quantitative estimate of drug-likeness (QED) is 0.149. The number of pyridine rings is 1. The summed E-state index contributed by atoms with van der Waals surface area (Å²) in [5, 5.41) is 53.4. The molecule has 3 aliphatic heterocycles. The summed E-state index contributed by atoms with van der Waals surface area (Å²) < 4.78 is 7.30. The molecule has 0 radical (unpaired) electrons. The van der Waals surface area contributed by atoms with Crippen LogP contribution in [0.4, 0.5) is 5.69 Å². The van der Waals surface area contributed by atoms with Crippen molar-refractivity contribution in [3.8, 4) is 22.9 Å². The van der Waals surface area contributed by atoms with Gasteiger partial charge < -0.3 is 35.0 Å². The first-order chi connectivity index (χ1) is 15.8. The third-order valence-electron chi connectivity index (χ3n) is 5.14. The predicted molar refractivity (Wildman–Crippen MR) is 110 cm³/mol. The number of non-ortho nitro benzene ring substituents is 1. The number of aromatic nitrogens is 3. The topological polar surface area (TPSA) is 193 Å². The van der Waals surface area contributed by atoms with Crippen LogP contribution >= 0.6 is 0 Å². The number of benzene rings is 1. The molecular weight excluding hydrogens is 438 g/mol. The zero-order valence-electron chi connectivity index (χ0n) is 16.8. The first-order valence-corrected chi connectivity index (χ1v) is 9.71. The van der Waals surface area contributed by atoms with Crippen molar-refractivity contribution in [1.29, 1.82) is 0 Å². The second-order valence-corrected chi connectivity index (χ2v) is 7.26. The van der Waals surface area contributed by atoms with Crippen LogP contribution in [0, 0.1) is 10.1 Å². The number of fused-ring (bicyclic) bond motifs is 1. The lowest BCUT2D eigenvalue weighted by Crippen LogP contribution is -2.31. The van der Waals surface area contributed by atoms with Crippen LogP contribution in [-0.4, -0.2) is 70.6 Å². The molecule has 1 aromatic carbocycles. The summed E-state index contributed by atoms with van der Waals surface area (Å²) in [6.45, 7) is -0.0860. The molecule has 3 heterocycles. The molecule has 0 spiro atoms. The Morgan fingerprint density at radius 2 is 2.00 bits per heavy atom. The molecule has 5 N–H and O–H groups in total. The average Bonchev–Trinajstić information content (AvgIpc) is 3.37. The first-order valence-electron chi connectivity index (χ1n) is 9.71. The van der Waals surface area contributed by atoms with Gasteiger partial charge in [-0.2, -0.15) is 0 Å². The van der Waals surface area contributed by atoms with Crippen LogP contribution in [0.2, 0.25) is 0 Å². The summed E-state index contributed by atoms with van der Waals surface area (Å²) in [5.74, 6) is -2.44. The maximum Gasteiger partial charge on any atom is 0.274 e. The molecule has 1 amide bonds. The number of aliphatic hydroxyl groups is 2. The maximum absolute atomic E-state index is 12.3. The zero-order chi connectivity index (χ0) is 23.7. The molecule has 172 valence electrons. The number of aliphatic hydroxyl groups excluding tert-OH is 2. The number of imidazole rings is 1. The van der Waals surface area contributed by atoms with E-state index in [1.165, 1.54) is 18.5 Å². The lowest BCUT2D eigenvalue weighted by atomic mass is 10.1. The Labute approximate surface area is 185 Å².